The van der Waals surface area contributed by atoms with Crippen molar-refractivity contribution in [2.45, 2.75) is 6.92 Å². The minimum absolute atomic E-state index is 0.189. The number of fused-ring (bicyclic) bond motifs is 1. The van der Waals surface area contributed by atoms with Gasteiger partial charge >= 0.3 is 0 Å². The van der Waals surface area contributed by atoms with E-state index in [1.165, 1.54) is 17.9 Å². The van der Waals surface area contributed by atoms with Crippen molar-refractivity contribution >= 4 is 11.6 Å². The van der Waals surface area contributed by atoms with Gasteiger partial charge in [-0.3, -0.25) is 4.79 Å². The predicted octanol–water partition coefficient (Wildman–Crippen LogP) is 0.392. The third-order valence-electron chi connectivity index (χ3n) is 2.57. The molecule has 8 heteroatoms. The molecule has 0 bridgehead atoms. The van der Waals surface area contributed by atoms with Crippen LogP contribution in [0.15, 0.2) is 18.5 Å². The lowest BCUT2D eigenvalue weighted by atomic mass is 10.2. The van der Waals surface area contributed by atoms with Crippen molar-refractivity contribution in [2.24, 2.45) is 0 Å². The first-order valence-electron chi connectivity index (χ1n) is 5.68. The molecule has 2 aromatic rings. The number of nitrogens with one attached hydrogen (secondary N) is 1. The van der Waals surface area contributed by atoms with Crippen molar-refractivity contribution in [1.82, 2.24) is 20.2 Å². The van der Waals surface area contributed by atoms with Crippen LogP contribution in [-0.2, 0) is 4.79 Å². The van der Waals surface area contributed by atoms with Crippen LogP contribution in [0.5, 0.6) is 11.5 Å². The van der Waals surface area contributed by atoms with E-state index in [0.717, 1.165) is 0 Å². The standard InChI is InChI=1S/C11H11N5O3/c1-7(17)13-8-4-10-11(19-3-2-18-10)5-9(8)16-6-12-14-15-16/h4-6H,2-3H2,1H3,(H,13,17). The lowest BCUT2D eigenvalue weighted by Gasteiger charge is -2.20. The van der Waals surface area contributed by atoms with E-state index in [-0.39, 0.29) is 5.91 Å². The summed E-state index contributed by atoms with van der Waals surface area (Å²) in [6, 6.07) is 3.43. The molecule has 2 heterocycles. The number of benzene rings is 1. The highest BCUT2D eigenvalue weighted by molar-refractivity contribution is 5.91. The summed E-state index contributed by atoms with van der Waals surface area (Å²) in [5, 5.41) is 13.7. The molecule has 1 aromatic heterocycles. The molecule has 1 aromatic carbocycles. The van der Waals surface area contributed by atoms with Gasteiger partial charge in [0.25, 0.3) is 0 Å². The molecule has 0 aliphatic carbocycles. The van der Waals surface area contributed by atoms with Gasteiger partial charge in [0.2, 0.25) is 5.91 Å². The molecular formula is C11H11N5O3. The lowest BCUT2D eigenvalue weighted by Crippen LogP contribution is -2.17. The Balaban J connectivity index is 2.11. The zero-order valence-electron chi connectivity index (χ0n) is 10.2. The minimum atomic E-state index is -0.189. The molecule has 0 saturated heterocycles. The van der Waals surface area contributed by atoms with E-state index >= 15 is 0 Å². The monoisotopic (exact) mass is 261 g/mol. The third kappa shape index (κ3) is 2.19. The number of carbonyl (C=O) groups is 1. The van der Waals surface area contributed by atoms with E-state index < -0.39 is 0 Å². The van der Waals surface area contributed by atoms with Crippen molar-refractivity contribution in [3.05, 3.63) is 18.5 Å². The van der Waals surface area contributed by atoms with Crippen molar-refractivity contribution in [3.8, 4) is 17.2 Å². The third-order valence-corrected chi connectivity index (χ3v) is 2.57. The van der Waals surface area contributed by atoms with E-state index in [1.54, 1.807) is 12.1 Å². The fourth-order valence-corrected chi connectivity index (χ4v) is 1.83. The van der Waals surface area contributed by atoms with Crippen LogP contribution in [0.25, 0.3) is 5.69 Å². The van der Waals surface area contributed by atoms with Gasteiger partial charge in [-0.05, 0) is 10.4 Å². The van der Waals surface area contributed by atoms with Crippen LogP contribution in [0, 0.1) is 0 Å². The smallest absolute Gasteiger partial charge is 0.221 e. The van der Waals surface area contributed by atoms with E-state index in [0.29, 0.717) is 36.1 Å². The SMILES string of the molecule is CC(=O)Nc1cc2c(cc1-n1cnnn1)OCCO2. The number of hydrogen-bond acceptors (Lipinski definition) is 6. The summed E-state index contributed by atoms with van der Waals surface area (Å²) in [5.74, 6) is 1.00. The molecule has 0 unspecified atom stereocenters. The second kappa shape index (κ2) is 4.56. The molecule has 98 valence electrons. The molecule has 3 rings (SSSR count). The van der Waals surface area contributed by atoms with Crippen LogP contribution in [0.4, 0.5) is 5.69 Å². The summed E-state index contributed by atoms with van der Waals surface area (Å²) in [6.07, 6.45) is 1.44. The number of aromatic nitrogens is 4. The van der Waals surface area contributed by atoms with Crippen molar-refractivity contribution in [1.29, 1.82) is 0 Å². The van der Waals surface area contributed by atoms with Crippen molar-refractivity contribution < 1.29 is 14.3 Å². The van der Waals surface area contributed by atoms with Gasteiger partial charge in [0.05, 0.1) is 11.4 Å². The van der Waals surface area contributed by atoms with Gasteiger partial charge < -0.3 is 14.8 Å². The topological polar surface area (TPSA) is 91.2 Å². The Morgan fingerprint density at radius 1 is 1.32 bits per heavy atom. The summed E-state index contributed by atoms with van der Waals surface area (Å²) < 4.78 is 12.4. The zero-order chi connectivity index (χ0) is 13.2. The summed E-state index contributed by atoms with van der Waals surface area (Å²) in [5.41, 5.74) is 1.17. The molecule has 1 N–H and O–H groups in total. The van der Waals surface area contributed by atoms with Crippen LogP contribution >= 0.6 is 0 Å². The average Bonchev–Trinajstić information content (AvgIpc) is 2.91. The van der Waals surface area contributed by atoms with Gasteiger partial charge in [0.15, 0.2) is 11.5 Å². The first kappa shape index (κ1) is 11.5. The molecule has 0 atom stereocenters. The van der Waals surface area contributed by atoms with Crippen LogP contribution in [0.2, 0.25) is 0 Å². The molecule has 0 radical (unpaired) electrons. The molecule has 1 aliphatic rings. The first-order chi connectivity index (χ1) is 9.24. The van der Waals surface area contributed by atoms with E-state index in [9.17, 15) is 4.79 Å². The number of anilines is 1. The number of hydrogen-bond donors (Lipinski definition) is 1. The highest BCUT2D eigenvalue weighted by Crippen LogP contribution is 2.36. The summed E-state index contributed by atoms with van der Waals surface area (Å²) in [6.45, 7) is 2.40. The normalized spacial score (nSPS) is 13.1. The molecule has 0 fully saturated rings. The second-order valence-electron chi connectivity index (χ2n) is 3.95. The number of carbonyl (C=O) groups excluding carboxylic acids is 1. The Hall–Kier alpha value is -2.64. The highest BCUT2D eigenvalue weighted by atomic mass is 16.6. The van der Waals surface area contributed by atoms with Crippen molar-refractivity contribution in [3.63, 3.8) is 0 Å². The van der Waals surface area contributed by atoms with Gasteiger partial charge in [0.1, 0.15) is 19.5 Å². The molecule has 1 aliphatic heterocycles. The fourth-order valence-electron chi connectivity index (χ4n) is 1.83. The number of amides is 1. The van der Waals surface area contributed by atoms with Crippen LogP contribution in [-0.4, -0.2) is 39.3 Å². The molecule has 1 amide bonds. The maximum Gasteiger partial charge on any atom is 0.221 e. The first-order valence-corrected chi connectivity index (χ1v) is 5.68. The largest absolute Gasteiger partial charge is 0.486 e. The maximum atomic E-state index is 11.3. The number of nitrogens with zero attached hydrogens (tertiary/aromatic N) is 4. The maximum absolute atomic E-state index is 11.3. The molecule has 0 saturated carbocycles. The zero-order valence-corrected chi connectivity index (χ0v) is 10.2. The van der Waals surface area contributed by atoms with Gasteiger partial charge in [-0.25, -0.2) is 0 Å². The average molecular weight is 261 g/mol. The Bertz CT molecular complexity index is 611. The van der Waals surface area contributed by atoms with Crippen LogP contribution in [0.3, 0.4) is 0 Å². The lowest BCUT2D eigenvalue weighted by molar-refractivity contribution is -0.114. The molecule has 0 spiro atoms. The Labute approximate surface area is 108 Å². The number of ether oxygens (including phenoxy) is 2. The second-order valence-corrected chi connectivity index (χ2v) is 3.95. The highest BCUT2D eigenvalue weighted by Gasteiger charge is 2.18. The molecule has 8 nitrogen and oxygen atoms in total. The van der Waals surface area contributed by atoms with Gasteiger partial charge in [-0.1, -0.05) is 0 Å². The number of tetrazole rings is 1. The molecular weight excluding hydrogens is 250 g/mol. The summed E-state index contributed by atoms with van der Waals surface area (Å²) in [7, 11) is 0. The predicted molar refractivity (Wildman–Crippen MR) is 64.4 cm³/mol. The van der Waals surface area contributed by atoms with E-state index in [4.69, 9.17) is 9.47 Å². The number of rotatable bonds is 2. The summed E-state index contributed by atoms with van der Waals surface area (Å²) >= 11 is 0. The van der Waals surface area contributed by atoms with E-state index in [1.807, 2.05) is 0 Å². The Morgan fingerprint density at radius 2 is 2.05 bits per heavy atom. The van der Waals surface area contributed by atoms with Crippen molar-refractivity contribution in [2.75, 3.05) is 18.5 Å². The van der Waals surface area contributed by atoms with Gasteiger partial charge in [0, 0.05) is 19.1 Å². The molecule has 19 heavy (non-hydrogen) atoms. The van der Waals surface area contributed by atoms with E-state index in [2.05, 4.69) is 20.8 Å². The Morgan fingerprint density at radius 3 is 2.68 bits per heavy atom. The minimum Gasteiger partial charge on any atom is -0.486 e. The van der Waals surface area contributed by atoms with Gasteiger partial charge in [-0.15, -0.1) is 5.10 Å². The fraction of sp³-hybridized carbons (Fsp3) is 0.273. The Kier molecular flexibility index (Phi) is 2.75. The summed E-state index contributed by atoms with van der Waals surface area (Å²) in [4.78, 5) is 11.3. The quantitative estimate of drug-likeness (QED) is 0.841. The van der Waals surface area contributed by atoms with Gasteiger partial charge in [-0.2, -0.15) is 4.68 Å². The van der Waals surface area contributed by atoms with Crippen LogP contribution in [0.1, 0.15) is 6.92 Å². The van der Waals surface area contributed by atoms with Crippen LogP contribution < -0.4 is 14.8 Å².